The van der Waals surface area contributed by atoms with Gasteiger partial charge in [0.2, 0.25) is 0 Å². The zero-order chi connectivity index (χ0) is 13.7. The molecule has 0 aliphatic rings. The van der Waals surface area contributed by atoms with Gasteiger partial charge in [-0.15, -0.1) is 0 Å². The summed E-state index contributed by atoms with van der Waals surface area (Å²) in [6, 6.07) is 14.8. The molecule has 19 heavy (non-hydrogen) atoms. The van der Waals surface area contributed by atoms with Crippen molar-refractivity contribution in [3.8, 4) is 6.07 Å². The molecule has 2 rings (SSSR count). The van der Waals surface area contributed by atoms with Crippen LogP contribution in [-0.4, -0.2) is 12.1 Å². The number of carbonyl (C=O) groups excluding carboxylic acids is 1. The van der Waals surface area contributed by atoms with E-state index in [4.69, 9.17) is 5.26 Å². The summed E-state index contributed by atoms with van der Waals surface area (Å²) < 4.78 is 0. The van der Waals surface area contributed by atoms with Gasteiger partial charge in [-0.05, 0) is 17.9 Å². The molecule has 0 saturated carbocycles. The first-order valence-corrected chi connectivity index (χ1v) is 6.19. The van der Waals surface area contributed by atoms with Crippen molar-refractivity contribution in [1.29, 1.82) is 5.26 Å². The smallest absolute Gasteiger partial charge is 0.320 e. The lowest BCUT2D eigenvalue weighted by molar-refractivity contribution is 0.250. The van der Waals surface area contributed by atoms with Crippen LogP contribution in [0.2, 0.25) is 0 Å². The first kappa shape index (κ1) is 12.9. The quantitative estimate of drug-likeness (QED) is 0.881. The Kier molecular flexibility index (Phi) is 3.99. The Morgan fingerprint density at radius 2 is 2.00 bits per heavy atom. The minimum absolute atomic E-state index is 0.357. The molecule has 4 heteroatoms. The van der Waals surface area contributed by atoms with E-state index in [-0.39, 0.29) is 6.03 Å². The van der Waals surface area contributed by atoms with Gasteiger partial charge < -0.3 is 10.6 Å². The van der Waals surface area contributed by atoms with E-state index >= 15 is 0 Å². The standard InChI is InChI=1S/C15H15N3O/c1-2-12(10-16)17-15(19)18-14-9-5-7-11-6-3-4-8-13(11)14/h3-9,12H,2H2,1H3,(H2,17,18,19). The molecule has 0 aromatic heterocycles. The Balaban J connectivity index is 2.18. The third-order valence-electron chi connectivity index (χ3n) is 2.91. The topological polar surface area (TPSA) is 64.9 Å². The molecule has 2 amide bonds. The van der Waals surface area contributed by atoms with E-state index in [1.165, 1.54) is 0 Å². The van der Waals surface area contributed by atoms with Crippen LogP contribution in [0.15, 0.2) is 42.5 Å². The molecule has 0 aliphatic heterocycles. The minimum Gasteiger partial charge on any atom is -0.322 e. The molecule has 0 radical (unpaired) electrons. The SMILES string of the molecule is CCC(C#N)NC(=O)Nc1cccc2ccccc12. The number of nitrogens with zero attached hydrogens (tertiary/aromatic N) is 1. The monoisotopic (exact) mass is 253 g/mol. The van der Waals surface area contributed by atoms with Crippen molar-refractivity contribution in [3.05, 3.63) is 42.5 Å². The number of fused-ring (bicyclic) bond motifs is 1. The van der Waals surface area contributed by atoms with E-state index in [0.717, 1.165) is 16.5 Å². The molecule has 0 spiro atoms. The lowest BCUT2D eigenvalue weighted by Gasteiger charge is -2.12. The molecule has 2 N–H and O–H groups in total. The van der Waals surface area contributed by atoms with Crippen molar-refractivity contribution in [2.24, 2.45) is 0 Å². The van der Waals surface area contributed by atoms with Gasteiger partial charge in [-0.1, -0.05) is 43.3 Å². The Morgan fingerprint density at radius 1 is 1.26 bits per heavy atom. The van der Waals surface area contributed by atoms with Gasteiger partial charge in [-0.25, -0.2) is 4.79 Å². The van der Waals surface area contributed by atoms with Crippen molar-refractivity contribution >= 4 is 22.5 Å². The molecular weight excluding hydrogens is 238 g/mol. The highest BCUT2D eigenvalue weighted by atomic mass is 16.2. The van der Waals surface area contributed by atoms with E-state index in [1.807, 2.05) is 55.5 Å². The van der Waals surface area contributed by atoms with Gasteiger partial charge >= 0.3 is 6.03 Å². The lowest BCUT2D eigenvalue weighted by Crippen LogP contribution is -2.36. The number of nitrogens with one attached hydrogen (secondary N) is 2. The van der Waals surface area contributed by atoms with Crippen molar-refractivity contribution in [2.75, 3.05) is 5.32 Å². The summed E-state index contributed by atoms with van der Waals surface area (Å²) >= 11 is 0. The van der Waals surface area contributed by atoms with E-state index < -0.39 is 6.04 Å². The van der Waals surface area contributed by atoms with Crippen LogP contribution in [0.1, 0.15) is 13.3 Å². The fourth-order valence-corrected chi connectivity index (χ4v) is 1.88. The number of rotatable bonds is 3. The molecule has 4 nitrogen and oxygen atoms in total. The summed E-state index contributed by atoms with van der Waals surface area (Å²) in [4.78, 5) is 11.8. The first-order chi connectivity index (χ1) is 9.24. The van der Waals surface area contributed by atoms with Crippen LogP contribution in [0.4, 0.5) is 10.5 Å². The molecule has 1 atom stereocenters. The Hall–Kier alpha value is -2.54. The zero-order valence-corrected chi connectivity index (χ0v) is 10.7. The number of amides is 2. The maximum Gasteiger partial charge on any atom is 0.320 e. The zero-order valence-electron chi connectivity index (χ0n) is 10.7. The number of urea groups is 1. The molecular formula is C15H15N3O. The average Bonchev–Trinajstić information content (AvgIpc) is 2.45. The summed E-state index contributed by atoms with van der Waals surface area (Å²) in [5.41, 5.74) is 0.739. The summed E-state index contributed by atoms with van der Waals surface area (Å²) in [6.07, 6.45) is 0.583. The third-order valence-corrected chi connectivity index (χ3v) is 2.91. The second-order valence-corrected chi connectivity index (χ2v) is 4.22. The van der Waals surface area contributed by atoms with Crippen molar-refractivity contribution < 1.29 is 4.79 Å². The molecule has 0 fully saturated rings. The Morgan fingerprint density at radius 3 is 2.74 bits per heavy atom. The van der Waals surface area contributed by atoms with E-state index in [2.05, 4.69) is 10.6 Å². The molecule has 0 saturated heterocycles. The van der Waals surface area contributed by atoms with Gasteiger partial charge in [0.05, 0.1) is 11.8 Å². The second-order valence-electron chi connectivity index (χ2n) is 4.22. The van der Waals surface area contributed by atoms with Crippen LogP contribution in [0.5, 0.6) is 0 Å². The largest absolute Gasteiger partial charge is 0.322 e. The predicted molar refractivity (Wildman–Crippen MR) is 75.8 cm³/mol. The molecule has 0 heterocycles. The lowest BCUT2D eigenvalue weighted by atomic mass is 10.1. The van der Waals surface area contributed by atoms with Gasteiger partial charge in [-0.2, -0.15) is 5.26 Å². The summed E-state index contributed by atoms with van der Waals surface area (Å²) in [5.74, 6) is 0. The second kappa shape index (κ2) is 5.87. The normalized spacial score (nSPS) is 11.6. The van der Waals surface area contributed by atoms with Gasteiger partial charge in [0, 0.05) is 5.39 Å². The van der Waals surface area contributed by atoms with Gasteiger partial charge in [0.1, 0.15) is 6.04 Å². The van der Waals surface area contributed by atoms with Crippen molar-refractivity contribution in [2.45, 2.75) is 19.4 Å². The summed E-state index contributed by atoms with van der Waals surface area (Å²) in [6.45, 7) is 1.85. The molecule has 1 unspecified atom stereocenters. The number of hydrogen-bond donors (Lipinski definition) is 2. The first-order valence-electron chi connectivity index (χ1n) is 6.19. The van der Waals surface area contributed by atoms with E-state index in [0.29, 0.717) is 6.42 Å². The van der Waals surface area contributed by atoms with Gasteiger partial charge in [-0.3, -0.25) is 0 Å². The molecule has 2 aromatic rings. The van der Waals surface area contributed by atoms with Gasteiger partial charge in [0.25, 0.3) is 0 Å². The maximum absolute atomic E-state index is 11.8. The van der Waals surface area contributed by atoms with Crippen LogP contribution < -0.4 is 10.6 Å². The van der Waals surface area contributed by atoms with Crippen molar-refractivity contribution in [3.63, 3.8) is 0 Å². The van der Waals surface area contributed by atoms with Crippen LogP contribution in [0, 0.1) is 11.3 Å². The Bertz CT molecular complexity index is 625. The van der Waals surface area contributed by atoms with E-state index in [1.54, 1.807) is 0 Å². The number of benzene rings is 2. The third kappa shape index (κ3) is 3.02. The molecule has 96 valence electrons. The van der Waals surface area contributed by atoms with Crippen LogP contribution in [-0.2, 0) is 0 Å². The van der Waals surface area contributed by atoms with E-state index in [9.17, 15) is 4.79 Å². The number of hydrogen-bond acceptors (Lipinski definition) is 2. The fraction of sp³-hybridized carbons (Fsp3) is 0.200. The number of carbonyl (C=O) groups is 1. The highest BCUT2D eigenvalue weighted by Gasteiger charge is 2.10. The highest BCUT2D eigenvalue weighted by molar-refractivity contribution is 6.01. The fourth-order valence-electron chi connectivity index (χ4n) is 1.88. The Labute approximate surface area is 112 Å². The molecule has 2 aromatic carbocycles. The van der Waals surface area contributed by atoms with Crippen LogP contribution in [0.3, 0.4) is 0 Å². The highest BCUT2D eigenvalue weighted by Crippen LogP contribution is 2.22. The van der Waals surface area contributed by atoms with Crippen LogP contribution in [0.25, 0.3) is 10.8 Å². The number of anilines is 1. The summed E-state index contributed by atoms with van der Waals surface area (Å²) in [5, 5.41) is 16.3. The maximum atomic E-state index is 11.8. The van der Waals surface area contributed by atoms with Crippen molar-refractivity contribution in [1.82, 2.24) is 5.32 Å². The van der Waals surface area contributed by atoms with Gasteiger partial charge in [0.15, 0.2) is 0 Å². The number of nitriles is 1. The molecule has 0 aliphatic carbocycles. The molecule has 0 bridgehead atoms. The minimum atomic E-state index is -0.463. The van der Waals surface area contributed by atoms with Crippen LogP contribution >= 0.6 is 0 Å². The predicted octanol–water partition coefficient (Wildman–Crippen LogP) is 3.26. The average molecular weight is 253 g/mol. The summed E-state index contributed by atoms with van der Waals surface area (Å²) in [7, 11) is 0.